The highest BCUT2D eigenvalue weighted by atomic mass is 15.1. The lowest BCUT2D eigenvalue weighted by Gasteiger charge is -2.25. The summed E-state index contributed by atoms with van der Waals surface area (Å²) in [7, 11) is 0. The summed E-state index contributed by atoms with van der Waals surface area (Å²) in [5, 5.41) is 1.18. The molecule has 7 rings (SSSR count). The first-order chi connectivity index (χ1) is 15.9. The Kier molecular flexibility index (Phi) is 3.89. The van der Waals surface area contributed by atoms with E-state index in [1.807, 2.05) is 6.20 Å². The molecule has 0 spiro atoms. The van der Waals surface area contributed by atoms with Gasteiger partial charge in [0.05, 0.1) is 27.6 Å². The van der Waals surface area contributed by atoms with Crippen molar-refractivity contribution in [2.75, 3.05) is 0 Å². The van der Waals surface area contributed by atoms with Crippen molar-refractivity contribution >= 4 is 44.0 Å². The van der Waals surface area contributed by atoms with Crippen LogP contribution < -0.4 is 0 Å². The molecule has 0 N–H and O–H groups in total. The summed E-state index contributed by atoms with van der Waals surface area (Å²) >= 11 is 0. The highest BCUT2D eigenvalue weighted by Crippen LogP contribution is 2.39. The molecule has 0 amide bonds. The third-order valence-electron chi connectivity index (χ3n) is 7.11. The molecule has 0 saturated heterocycles. The molecule has 156 valence electrons. The molecule has 2 aromatic carbocycles. The minimum Gasteiger partial charge on any atom is -0.335 e. The summed E-state index contributed by atoms with van der Waals surface area (Å²) in [5.41, 5.74) is 9.02. The van der Waals surface area contributed by atoms with E-state index >= 15 is 0 Å². The predicted molar refractivity (Wildman–Crippen MR) is 131 cm³/mol. The van der Waals surface area contributed by atoms with Gasteiger partial charge in [0.1, 0.15) is 11.0 Å². The molecule has 6 aromatic rings. The van der Waals surface area contributed by atoms with Crippen LogP contribution in [0.4, 0.5) is 0 Å². The van der Waals surface area contributed by atoms with Crippen LogP contribution >= 0.6 is 0 Å². The summed E-state index contributed by atoms with van der Waals surface area (Å²) < 4.78 is 4.89. The Labute approximate surface area is 186 Å². The van der Waals surface area contributed by atoms with Crippen molar-refractivity contribution in [1.29, 1.82) is 0 Å². The minimum absolute atomic E-state index is 0.516. The zero-order valence-electron chi connectivity index (χ0n) is 17.9. The van der Waals surface area contributed by atoms with E-state index in [-0.39, 0.29) is 0 Å². The fourth-order valence-corrected chi connectivity index (χ4v) is 5.71. The van der Waals surface area contributed by atoms with Crippen molar-refractivity contribution in [2.24, 2.45) is 0 Å². The lowest BCUT2D eigenvalue weighted by atomic mass is 9.95. The van der Waals surface area contributed by atoms with E-state index in [1.165, 1.54) is 59.7 Å². The van der Waals surface area contributed by atoms with E-state index < -0.39 is 0 Å². The topological polar surface area (TPSA) is 35.6 Å². The number of aromatic nitrogens is 4. The molecule has 32 heavy (non-hydrogen) atoms. The monoisotopic (exact) mass is 416 g/mol. The highest BCUT2D eigenvalue weighted by molar-refractivity contribution is 6.13. The Morgan fingerprint density at radius 3 is 2.31 bits per heavy atom. The maximum atomic E-state index is 5.29. The van der Waals surface area contributed by atoms with E-state index in [0.717, 1.165) is 22.1 Å². The maximum absolute atomic E-state index is 5.29. The van der Waals surface area contributed by atoms with Crippen LogP contribution in [0, 0.1) is 0 Å². The third-order valence-corrected chi connectivity index (χ3v) is 7.11. The number of benzene rings is 2. The van der Waals surface area contributed by atoms with Crippen molar-refractivity contribution in [2.45, 2.75) is 38.1 Å². The third kappa shape index (κ3) is 2.49. The molecule has 1 aliphatic rings. The standard InChI is InChI=1S/C28H24N4/c1-3-10-19(11-4-1)31-22-15-8-7-14-21(22)26-24(31)18-25-28(30-26)27-23(16-9-17-29-27)32(25)20-12-5-2-6-13-20/h1,3-4,7-11,14-18,20H,2,5-6,12-13H2. The van der Waals surface area contributed by atoms with E-state index in [0.29, 0.717) is 6.04 Å². The van der Waals surface area contributed by atoms with Crippen LogP contribution in [0.1, 0.15) is 38.1 Å². The van der Waals surface area contributed by atoms with Crippen molar-refractivity contribution in [3.05, 3.63) is 79.0 Å². The van der Waals surface area contributed by atoms with E-state index in [1.54, 1.807) is 0 Å². The van der Waals surface area contributed by atoms with Gasteiger partial charge in [-0.05, 0) is 49.2 Å². The molecule has 4 heterocycles. The van der Waals surface area contributed by atoms with Crippen LogP contribution in [0.15, 0.2) is 79.0 Å². The first kappa shape index (κ1) is 18.0. The van der Waals surface area contributed by atoms with Gasteiger partial charge in [-0.15, -0.1) is 0 Å². The number of rotatable bonds is 2. The second-order valence-corrected chi connectivity index (χ2v) is 8.94. The lowest BCUT2D eigenvalue weighted by Crippen LogP contribution is -2.12. The fraction of sp³-hybridized carbons (Fsp3) is 0.214. The summed E-state index contributed by atoms with van der Waals surface area (Å²) in [4.78, 5) is 10.1. The fourth-order valence-electron chi connectivity index (χ4n) is 5.71. The maximum Gasteiger partial charge on any atom is 0.115 e. The van der Waals surface area contributed by atoms with Crippen LogP contribution in [0.25, 0.3) is 49.7 Å². The highest BCUT2D eigenvalue weighted by Gasteiger charge is 2.24. The Balaban J connectivity index is 1.65. The molecule has 4 nitrogen and oxygen atoms in total. The number of hydrogen-bond acceptors (Lipinski definition) is 2. The van der Waals surface area contributed by atoms with Gasteiger partial charge in [0.25, 0.3) is 0 Å². The van der Waals surface area contributed by atoms with E-state index in [4.69, 9.17) is 9.97 Å². The molecule has 4 heteroatoms. The van der Waals surface area contributed by atoms with E-state index in [2.05, 4.69) is 81.9 Å². The Hall–Kier alpha value is -3.66. The zero-order chi connectivity index (χ0) is 21.1. The number of fused-ring (bicyclic) bond motifs is 6. The summed E-state index contributed by atoms with van der Waals surface area (Å²) in [6.07, 6.45) is 8.29. The minimum atomic E-state index is 0.516. The summed E-state index contributed by atoms with van der Waals surface area (Å²) in [6.45, 7) is 0. The first-order valence-corrected chi connectivity index (χ1v) is 11.6. The van der Waals surface area contributed by atoms with Crippen molar-refractivity contribution in [3.8, 4) is 5.69 Å². The quantitative estimate of drug-likeness (QED) is 0.299. The first-order valence-electron chi connectivity index (χ1n) is 11.6. The number of pyridine rings is 2. The van der Waals surface area contributed by atoms with Gasteiger partial charge >= 0.3 is 0 Å². The SMILES string of the molecule is c1ccc(-n2c3ccccc3c3nc4c5ncccc5n(C5CCCCC5)c4cc32)cc1. The van der Waals surface area contributed by atoms with Crippen molar-refractivity contribution in [1.82, 2.24) is 19.1 Å². The Morgan fingerprint density at radius 2 is 1.44 bits per heavy atom. The van der Waals surface area contributed by atoms with Gasteiger partial charge in [-0.2, -0.15) is 0 Å². The van der Waals surface area contributed by atoms with Gasteiger partial charge in [-0.3, -0.25) is 4.98 Å². The summed E-state index contributed by atoms with van der Waals surface area (Å²) in [6, 6.07) is 26.4. The lowest BCUT2D eigenvalue weighted by molar-refractivity contribution is 0.367. The number of hydrogen-bond donors (Lipinski definition) is 0. The molecule has 1 fully saturated rings. The average molecular weight is 417 g/mol. The number of nitrogens with zero attached hydrogens (tertiary/aromatic N) is 4. The largest absolute Gasteiger partial charge is 0.335 e. The molecule has 0 bridgehead atoms. The van der Waals surface area contributed by atoms with Crippen LogP contribution in [-0.2, 0) is 0 Å². The van der Waals surface area contributed by atoms with Crippen molar-refractivity contribution in [3.63, 3.8) is 0 Å². The van der Waals surface area contributed by atoms with Gasteiger partial charge in [0.15, 0.2) is 0 Å². The van der Waals surface area contributed by atoms with Crippen LogP contribution in [-0.4, -0.2) is 19.1 Å². The van der Waals surface area contributed by atoms with Crippen LogP contribution in [0.5, 0.6) is 0 Å². The molecular weight excluding hydrogens is 392 g/mol. The van der Waals surface area contributed by atoms with Gasteiger partial charge in [-0.1, -0.05) is 55.7 Å². The normalized spacial score (nSPS) is 15.4. The molecule has 0 aliphatic heterocycles. The molecule has 1 aliphatic carbocycles. The van der Waals surface area contributed by atoms with Crippen LogP contribution in [0.3, 0.4) is 0 Å². The van der Waals surface area contributed by atoms with Gasteiger partial charge in [0.2, 0.25) is 0 Å². The number of para-hydroxylation sites is 2. The Bertz CT molecular complexity index is 1600. The zero-order valence-corrected chi connectivity index (χ0v) is 17.9. The van der Waals surface area contributed by atoms with Crippen molar-refractivity contribution < 1.29 is 0 Å². The molecule has 0 atom stereocenters. The van der Waals surface area contributed by atoms with Gasteiger partial charge < -0.3 is 9.13 Å². The second kappa shape index (κ2) is 6.92. The van der Waals surface area contributed by atoms with Crippen LogP contribution in [0.2, 0.25) is 0 Å². The second-order valence-electron chi connectivity index (χ2n) is 8.94. The smallest absolute Gasteiger partial charge is 0.115 e. The molecule has 0 unspecified atom stereocenters. The summed E-state index contributed by atoms with van der Waals surface area (Å²) in [5.74, 6) is 0. The van der Waals surface area contributed by atoms with Gasteiger partial charge in [0, 0.05) is 23.3 Å². The van der Waals surface area contributed by atoms with E-state index in [9.17, 15) is 0 Å². The van der Waals surface area contributed by atoms with Gasteiger partial charge in [-0.25, -0.2) is 4.98 Å². The Morgan fingerprint density at radius 1 is 0.656 bits per heavy atom. The molecule has 1 saturated carbocycles. The predicted octanol–water partition coefficient (Wildman–Crippen LogP) is 7.19. The molecule has 0 radical (unpaired) electrons. The molecular formula is C28H24N4. The molecule has 4 aromatic heterocycles. The average Bonchev–Trinajstić information content (AvgIpc) is 3.36.